The molecular weight excluding hydrogens is 208 g/mol. The fourth-order valence-corrected chi connectivity index (χ4v) is 2.02. The van der Waals surface area contributed by atoms with Crippen molar-refractivity contribution in [3.05, 3.63) is 22.7 Å². The minimum atomic E-state index is -0.283. The summed E-state index contributed by atoms with van der Waals surface area (Å²) in [4.78, 5) is 17.8. The molecule has 2 rings (SSSR count). The summed E-state index contributed by atoms with van der Waals surface area (Å²) in [7, 11) is 0. The highest BCUT2D eigenvalue weighted by atomic mass is 16.5. The minimum absolute atomic E-state index is 0.00903. The summed E-state index contributed by atoms with van der Waals surface area (Å²) in [5.74, 6) is 0.147. The summed E-state index contributed by atoms with van der Waals surface area (Å²) < 4.78 is 11.2. The summed E-state index contributed by atoms with van der Waals surface area (Å²) in [6, 6.07) is 0. The van der Waals surface area contributed by atoms with Gasteiger partial charge in [-0.2, -0.15) is 0 Å². The molecule has 0 aromatic carbocycles. The molecule has 2 unspecified atom stereocenters. The number of aromatic nitrogens is 2. The van der Waals surface area contributed by atoms with Crippen molar-refractivity contribution in [2.75, 3.05) is 0 Å². The Bertz CT molecular complexity index is 394. The van der Waals surface area contributed by atoms with E-state index in [1.807, 2.05) is 13.8 Å². The third kappa shape index (κ3) is 2.61. The second-order valence-corrected chi connectivity index (χ2v) is 4.19. The Morgan fingerprint density at radius 1 is 1.44 bits per heavy atom. The van der Waals surface area contributed by atoms with Crippen LogP contribution in [0.4, 0.5) is 0 Å². The molecule has 0 radical (unpaired) electrons. The van der Waals surface area contributed by atoms with E-state index >= 15 is 0 Å². The van der Waals surface area contributed by atoms with Crippen LogP contribution in [0.15, 0.2) is 17.2 Å². The highest BCUT2D eigenvalue weighted by molar-refractivity contribution is 5.03. The second-order valence-electron chi connectivity index (χ2n) is 4.19. The molecular formula is C11H16N2O3. The monoisotopic (exact) mass is 224 g/mol. The summed E-state index contributed by atoms with van der Waals surface area (Å²) in [5, 5.41) is 0. The van der Waals surface area contributed by atoms with Crippen LogP contribution in [0.1, 0.15) is 26.7 Å². The van der Waals surface area contributed by atoms with Crippen molar-refractivity contribution >= 4 is 0 Å². The van der Waals surface area contributed by atoms with Crippen LogP contribution in [0, 0.1) is 0 Å². The van der Waals surface area contributed by atoms with Crippen molar-refractivity contribution in [3.63, 3.8) is 0 Å². The third-order valence-electron chi connectivity index (χ3n) is 2.61. The Balaban J connectivity index is 2.04. The van der Waals surface area contributed by atoms with E-state index < -0.39 is 0 Å². The first kappa shape index (κ1) is 11.1. The molecule has 0 aliphatic carbocycles. The van der Waals surface area contributed by atoms with Crippen LogP contribution in [-0.4, -0.2) is 28.3 Å². The lowest BCUT2D eigenvalue weighted by molar-refractivity contribution is -0.0732. The lowest BCUT2D eigenvalue weighted by atomic mass is 10.0. The Morgan fingerprint density at radius 3 is 2.75 bits per heavy atom. The molecule has 5 nitrogen and oxygen atoms in total. The van der Waals surface area contributed by atoms with Crippen LogP contribution < -0.4 is 10.3 Å². The number of ether oxygens (including phenoxy) is 2. The second kappa shape index (κ2) is 4.65. The smallest absolute Gasteiger partial charge is 0.310 e. The van der Waals surface area contributed by atoms with E-state index in [0.29, 0.717) is 0 Å². The lowest BCUT2D eigenvalue weighted by Crippen LogP contribution is -2.36. The number of hydrogen-bond acceptors (Lipinski definition) is 4. The highest BCUT2D eigenvalue weighted by Gasteiger charge is 2.26. The van der Waals surface area contributed by atoms with Gasteiger partial charge in [0.2, 0.25) is 0 Å². The van der Waals surface area contributed by atoms with Gasteiger partial charge in [0.25, 0.3) is 5.88 Å². The maximum atomic E-state index is 11.4. The zero-order valence-corrected chi connectivity index (χ0v) is 9.47. The van der Waals surface area contributed by atoms with Gasteiger partial charge in [0.1, 0.15) is 6.10 Å². The van der Waals surface area contributed by atoms with Crippen molar-refractivity contribution in [2.24, 2.45) is 0 Å². The Labute approximate surface area is 93.8 Å². The third-order valence-corrected chi connectivity index (χ3v) is 2.61. The first-order chi connectivity index (χ1) is 7.65. The lowest BCUT2D eigenvalue weighted by Gasteiger charge is -2.31. The van der Waals surface area contributed by atoms with Gasteiger partial charge in [0.05, 0.1) is 12.2 Å². The van der Waals surface area contributed by atoms with Gasteiger partial charge < -0.3 is 14.5 Å². The molecule has 1 aliphatic heterocycles. The molecule has 1 aromatic heterocycles. The molecule has 1 saturated heterocycles. The van der Waals surface area contributed by atoms with E-state index in [0.717, 1.165) is 12.8 Å². The summed E-state index contributed by atoms with van der Waals surface area (Å²) in [5.41, 5.74) is -0.283. The number of H-pyrrole nitrogens is 1. The van der Waals surface area contributed by atoms with Crippen LogP contribution in [-0.2, 0) is 4.74 Å². The number of nitrogens with one attached hydrogen (secondary N) is 1. The number of aromatic amines is 1. The topological polar surface area (TPSA) is 64.2 Å². The SMILES string of the molecule is CC1CC(Oc2ncc[nH]c2=O)CC(C)O1. The van der Waals surface area contributed by atoms with Gasteiger partial charge in [-0.1, -0.05) is 0 Å². The number of nitrogens with zero attached hydrogens (tertiary/aromatic N) is 1. The Hall–Kier alpha value is -1.36. The highest BCUT2D eigenvalue weighted by Crippen LogP contribution is 2.21. The van der Waals surface area contributed by atoms with Gasteiger partial charge in [-0.25, -0.2) is 4.98 Å². The quantitative estimate of drug-likeness (QED) is 0.817. The normalized spacial score (nSPS) is 30.0. The molecule has 0 bridgehead atoms. The fraction of sp³-hybridized carbons (Fsp3) is 0.636. The van der Waals surface area contributed by atoms with Crippen molar-refractivity contribution in [2.45, 2.75) is 45.0 Å². The van der Waals surface area contributed by atoms with E-state index in [1.165, 1.54) is 12.4 Å². The largest absolute Gasteiger partial charge is 0.470 e. The molecule has 1 fully saturated rings. The summed E-state index contributed by atoms with van der Waals surface area (Å²) in [6.07, 6.45) is 4.93. The van der Waals surface area contributed by atoms with Gasteiger partial charge in [-0.15, -0.1) is 0 Å². The average Bonchev–Trinajstić information content (AvgIpc) is 2.20. The van der Waals surface area contributed by atoms with E-state index in [-0.39, 0.29) is 29.8 Å². The van der Waals surface area contributed by atoms with Gasteiger partial charge in [0, 0.05) is 25.2 Å². The van der Waals surface area contributed by atoms with E-state index in [4.69, 9.17) is 9.47 Å². The van der Waals surface area contributed by atoms with Gasteiger partial charge >= 0.3 is 5.56 Å². The fourth-order valence-electron chi connectivity index (χ4n) is 2.02. The molecule has 0 saturated carbocycles. The Morgan fingerprint density at radius 2 is 2.12 bits per heavy atom. The molecule has 1 aromatic rings. The van der Waals surface area contributed by atoms with Crippen LogP contribution >= 0.6 is 0 Å². The molecule has 5 heteroatoms. The number of rotatable bonds is 2. The maximum Gasteiger partial charge on any atom is 0.310 e. The molecule has 1 N–H and O–H groups in total. The first-order valence-electron chi connectivity index (χ1n) is 5.51. The van der Waals surface area contributed by atoms with Crippen LogP contribution in [0.25, 0.3) is 0 Å². The van der Waals surface area contributed by atoms with Crippen molar-refractivity contribution < 1.29 is 9.47 Å². The summed E-state index contributed by atoms with van der Waals surface area (Å²) in [6.45, 7) is 4.02. The van der Waals surface area contributed by atoms with Crippen LogP contribution in [0.5, 0.6) is 5.88 Å². The van der Waals surface area contributed by atoms with E-state index in [9.17, 15) is 4.79 Å². The van der Waals surface area contributed by atoms with Crippen LogP contribution in [0.2, 0.25) is 0 Å². The van der Waals surface area contributed by atoms with Crippen molar-refractivity contribution in [3.8, 4) is 5.88 Å². The van der Waals surface area contributed by atoms with Crippen molar-refractivity contribution in [1.29, 1.82) is 0 Å². The maximum absolute atomic E-state index is 11.4. The zero-order chi connectivity index (χ0) is 11.5. The Kier molecular flexibility index (Phi) is 3.24. The molecule has 88 valence electrons. The van der Waals surface area contributed by atoms with E-state index in [1.54, 1.807) is 0 Å². The molecule has 0 amide bonds. The first-order valence-corrected chi connectivity index (χ1v) is 5.51. The predicted molar refractivity (Wildman–Crippen MR) is 58.5 cm³/mol. The standard InChI is InChI=1S/C11H16N2O3/c1-7-5-9(6-8(2)15-7)16-11-10(14)12-3-4-13-11/h3-4,7-9H,5-6H2,1-2H3,(H,12,14). The van der Waals surface area contributed by atoms with Gasteiger partial charge in [-0.05, 0) is 13.8 Å². The minimum Gasteiger partial charge on any atom is -0.470 e. The van der Waals surface area contributed by atoms with Crippen LogP contribution in [0.3, 0.4) is 0 Å². The van der Waals surface area contributed by atoms with Gasteiger partial charge in [0.15, 0.2) is 0 Å². The number of hydrogen-bond donors (Lipinski definition) is 1. The van der Waals surface area contributed by atoms with E-state index in [2.05, 4.69) is 9.97 Å². The molecule has 16 heavy (non-hydrogen) atoms. The summed E-state index contributed by atoms with van der Waals surface area (Å²) >= 11 is 0. The molecule has 2 atom stereocenters. The molecule has 2 heterocycles. The molecule has 0 spiro atoms. The van der Waals surface area contributed by atoms with Gasteiger partial charge in [-0.3, -0.25) is 4.79 Å². The molecule has 1 aliphatic rings. The predicted octanol–water partition coefficient (Wildman–Crippen LogP) is 1.10. The van der Waals surface area contributed by atoms with Crippen molar-refractivity contribution in [1.82, 2.24) is 9.97 Å². The average molecular weight is 224 g/mol. The zero-order valence-electron chi connectivity index (χ0n) is 9.47.